The average molecular weight is 370 g/mol. The van der Waals surface area contributed by atoms with Gasteiger partial charge in [0.25, 0.3) is 0 Å². The summed E-state index contributed by atoms with van der Waals surface area (Å²) >= 11 is 0. The van der Waals surface area contributed by atoms with E-state index in [0.29, 0.717) is 12.3 Å². The third-order valence-electron chi connectivity index (χ3n) is 6.79. The van der Waals surface area contributed by atoms with Gasteiger partial charge in [-0.1, -0.05) is 40.0 Å². The number of nitrogens with zero attached hydrogens (tertiary/aromatic N) is 1. The van der Waals surface area contributed by atoms with Crippen LogP contribution in [0.3, 0.4) is 0 Å². The van der Waals surface area contributed by atoms with Crippen LogP contribution in [-0.2, 0) is 9.22 Å². The van der Waals surface area contributed by atoms with Crippen LogP contribution >= 0.6 is 0 Å². The summed E-state index contributed by atoms with van der Waals surface area (Å²) in [5, 5.41) is 10.4. The maximum Gasteiger partial charge on any atom is 0.192 e. The molecular formula is C20H39NO3Si. The molecule has 1 N–H and O–H groups in total. The van der Waals surface area contributed by atoms with Gasteiger partial charge in [0.15, 0.2) is 8.32 Å². The Hall–Kier alpha value is -0.233. The van der Waals surface area contributed by atoms with Gasteiger partial charge in [-0.25, -0.2) is 0 Å². The highest BCUT2D eigenvalue weighted by molar-refractivity contribution is 6.74. The van der Waals surface area contributed by atoms with Crippen molar-refractivity contribution in [1.29, 1.82) is 0 Å². The van der Waals surface area contributed by atoms with Crippen molar-refractivity contribution in [3.8, 4) is 0 Å². The van der Waals surface area contributed by atoms with Gasteiger partial charge in [-0.05, 0) is 56.2 Å². The Kier molecular flexibility index (Phi) is 7.28. The summed E-state index contributed by atoms with van der Waals surface area (Å²) in [4.78, 5) is 13.3. The molecule has 0 aromatic rings. The van der Waals surface area contributed by atoms with Gasteiger partial charge in [-0.2, -0.15) is 0 Å². The maximum absolute atomic E-state index is 11.3. The molecule has 0 amide bonds. The molecule has 1 saturated carbocycles. The van der Waals surface area contributed by atoms with Crippen LogP contribution in [-0.4, -0.2) is 49.5 Å². The Morgan fingerprint density at radius 1 is 1.16 bits per heavy atom. The number of aldehydes is 1. The van der Waals surface area contributed by atoms with Gasteiger partial charge in [-0.15, -0.1) is 0 Å². The molecule has 0 aromatic heterocycles. The van der Waals surface area contributed by atoms with Crippen LogP contribution in [0.1, 0.15) is 72.1 Å². The molecule has 2 rings (SSSR count). The molecule has 1 heterocycles. The van der Waals surface area contributed by atoms with Gasteiger partial charge >= 0.3 is 0 Å². The molecule has 2 fully saturated rings. The predicted molar refractivity (Wildman–Crippen MR) is 105 cm³/mol. The standard InChI is InChI=1S/C20H39NO3Si/c1-20(2,3)25(4,5)24-18(16-9-7-6-8-10-16)13-14-21-17(15-22)11-12-19(21)23/h15-19,23H,6-14H2,1-5H3/t17?,18-,19+/m0/s1. The molecule has 1 saturated heterocycles. The summed E-state index contributed by atoms with van der Waals surface area (Å²) in [5.74, 6) is 0.636. The Bertz CT molecular complexity index is 429. The first kappa shape index (κ1) is 21.1. The van der Waals surface area contributed by atoms with Gasteiger partial charge in [-0.3, -0.25) is 4.90 Å². The fourth-order valence-electron chi connectivity index (χ4n) is 4.06. The second-order valence-corrected chi connectivity index (χ2v) is 14.4. The third-order valence-corrected chi connectivity index (χ3v) is 11.3. The first-order valence-electron chi connectivity index (χ1n) is 10.2. The largest absolute Gasteiger partial charge is 0.414 e. The number of likely N-dealkylation sites (tertiary alicyclic amines) is 1. The molecule has 1 unspecified atom stereocenters. The summed E-state index contributed by atoms with van der Waals surface area (Å²) in [6.07, 6.45) is 9.72. The van der Waals surface area contributed by atoms with Gasteiger partial charge in [0, 0.05) is 12.6 Å². The van der Waals surface area contributed by atoms with Crippen LogP contribution in [0.5, 0.6) is 0 Å². The number of hydrogen-bond acceptors (Lipinski definition) is 4. The van der Waals surface area contributed by atoms with E-state index in [1.807, 2.05) is 4.90 Å². The van der Waals surface area contributed by atoms with Crippen molar-refractivity contribution in [2.75, 3.05) is 6.54 Å². The van der Waals surface area contributed by atoms with E-state index in [4.69, 9.17) is 4.43 Å². The molecule has 25 heavy (non-hydrogen) atoms. The zero-order chi connectivity index (χ0) is 18.7. The molecule has 0 spiro atoms. The van der Waals surface area contributed by atoms with Gasteiger partial charge in [0.1, 0.15) is 12.5 Å². The van der Waals surface area contributed by atoms with E-state index in [9.17, 15) is 9.90 Å². The quantitative estimate of drug-likeness (QED) is 0.536. The highest BCUT2D eigenvalue weighted by Gasteiger charge is 2.41. The molecule has 5 heteroatoms. The van der Waals surface area contributed by atoms with Crippen molar-refractivity contribution in [3.05, 3.63) is 0 Å². The molecule has 0 radical (unpaired) electrons. The van der Waals surface area contributed by atoms with Crippen molar-refractivity contribution in [3.63, 3.8) is 0 Å². The number of carbonyl (C=O) groups is 1. The van der Waals surface area contributed by atoms with Crippen molar-refractivity contribution in [1.82, 2.24) is 4.90 Å². The topological polar surface area (TPSA) is 49.8 Å². The molecule has 4 nitrogen and oxygen atoms in total. The van der Waals surface area contributed by atoms with Crippen molar-refractivity contribution < 1.29 is 14.3 Å². The minimum absolute atomic E-state index is 0.116. The summed E-state index contributed by atoms with van der Waals surface area (Å²) in [6.45, 7) is 12.3. The minimum Gasteiger partial charge on any atom is -0.414 e. The maximum atomic E-state index is 11.3. The van der Waals surface area contributed by atoms with Crippen LogP contribution in [0.2, 0.25) is 18.1 Å². The van der Waals surface area contributed by atoms with Gasteiger partial charge in [0.05, 0.1) is 6.04 Å². The van der Waals surface area contributed by atoms with Crippen LogP contribution in [0.4, 0.5) is 0 Å². The van der Waals surface area contributed by atoms with E-state index >= 15 is 0 Å². The Balaban J connectivity index is 2.05. The zero-order valence-electron chi connectivity index (χ0n) is 17.0. The van der Waals surface area contributed by atoms with Crippen molar-refractivity contribution in [2.45, 2.75) is 109 Å². The molecule has 0 aromatic carbocycles. The Morgan fingerprint density at radius 2 is 1.80 bits per heavy atom. The van der Waals surface area contributed by atoms with E-state index in [-0.39, 0.29) is 17.2 Å². The van der Waals surface area contributed by atoms with E-state index in [0.717, 1.165) is 25.7 Å². The fraction of sp³-hybridized carbons (Fsp3) is 0.950. The van der Waals surface area contributed by atoms with Crippen molar-refractivity contribution >= 4 is 14.6 Å². The Labute approximate surface area is 155 Å². The number of carbonyl (C=O) groups excluding carboxylic acids is 1. The summed E-state index contributed by atoms with van der Waals surface area (Å²) < 4.78 is 6.85. The lowest BCUT2D eigenvalue weighted by Gasteiger charge is -2.43. The SMILES string of the molecule is CC(C)(C)[Si](C)(C)O[C@@H](CCN1C(C=O)CC[C@H]1O)C1CCCCC1. The third kappa shape index (κ3) is 5.38. The zero-order valence-corrected chi connectivity index (χ0v) is 18.0. The van der Waals surface area contributed by atoms with Gasteiger partial charge < -0.3 is 14.3 Å². The molecule has 0 bridgehead atoms. The number of aliphatic hydroxyl groups excluding tert-OH is 1. The van der Waals surface area contributed by atoms with Crippen molar-refractivity contribution in [2.24, 2.45) is 5.92 Å². The first-order valence-corrected chi connectivity index (χ1v) is 13.1. The first-order chi connectivity index (χ1) is 11.7. The second kappa shape index (κ2) is 8.64. The predicted octanol–water partition coefficient (Wildman–Crippen LogP) is 4.33. The monoisotopic (exact) mass is 369 g/mol. The van der Waals surface area contributed by atoms with E-state index in [1.54, 1.807) is 0 Å². The fourth-order valence-corrected chi connectivity index (χ4v) is 5.48. The molecule has 1 aliphatic carbocycles. The molecule has 1 aliphatic heterocycles. The minimum atomic E-state index is -1.82. The molecule has 146 valence electrons. The smallest absolute Gasteiger partial charge is 0.192 e. The lowest BCUT2D eigenvalue weighted by atomic mass is 9.84. The molecular weight excluding hydrogens is 330 g/mol. The summed E-state index contributed by atoms with van der Waals surface area (Å²) in [7, 11) is -1.82. The van der Waals surface area contributed by atoms with E-state index < -0.39 is 14.5 Å². The van der Waals surface area contributed by atoms with Crippen LogP contribution in [0.15, 0.2) is 0 Å². The Morgan fingerprint density at radius 3 is 2.36 bits per heavy atom. The number of rotatable bonds is 7. The second-order valence-electron chi connectivity index (χ2n) is 9.60. The van der Waals surface area contributed by atoms with Gasteiger partial charge in [0.2, 0.25) is 0 Å². The number of aliphatic hydroxyl groups is 1. The lowest BCUT2D eigenvalue weighted by Crippen LogP contribution is -2.47. The molecule has 2 aliphatic rings. The summed E-state index contributed by atoms with van der Waals surface area (Å²) in [5.41, 5.74) is 0. The highest BCUT2D eigenvalue weighted by Crippen LogP contribution is 2.40. The van der Waals surface area contributed by atoms with Crippen LogP contribution < -0.4 is 0 Å². The van der Waals surface area contributed by atoms with E-state index in [1.165, 1.54) is 32.1 Å². The highest BCUT2D eigenvalue weighted by atomic mass is 28.4. The molecule has 3 atom stereocenters. The van der Waals surface area contributed by atoms with Crippen LogP contribution in [0, 0.1) is 5.92 Å². The van der Waals surface area contributed by atoms with Crippen LogP contribution in [0.25, 0.3) is 0 Å². The summed E-state index contributed by atoms with van der Waals surface area (Å²) in [6, 6.07) is -0.116. The van der Waals surface area contributed by atoms with E-state index in [2.05, 4.69) is 33.9 Å². The lowest BCUT2D eigenvalue weighted by molar-refractivity contribution is -0.114. The average Bonchev–Trinajstić information content (AvgIpc) is 2.91. The normalized spacial score (nSPS) is 28.2. The number of hydrogen-bond donors (Lipinski definition) is 1.